The minimum absolute atomic E-state index is 0.00647. The minimum Gasteiger partial charge on any atom is -0.469 e. The summed E-state index contributed by atoms with van der Waals surface area (Å²) in [6, 6.07) is 5.90. The predicted octanol–water partition coefficient (Wildman–Crippen LogP) is 4.07. The van der Waals surface area contributed by atoms with Crippen LogP contribution in [0.2, 0.25) is 0 Å². The van der Waals surface area contributed by atoms with Gasteiger partial charge >= 0.3 is 6.03 Å². The molecule has 30 heavy (non-hydrogen) atoms. The van der Waals surface area contributed by atoms with Crippen molar-refractivity contribution in [1.29, 1.82) is 0 Å². The van der Waals surface area contributed by atoms with Crippen LogP contribution in [0.1, 0.15) is 41.8 Å². The molecule has 0 radical (unpaired) electrons. The first kappa shape index (κ1) is 20.4. The highest BCUT2D eigenvalue weighted by atomic mass is 19.1. The molecular weight excluding hydrogens is 387 g/mol. The summed E-state index contributed by atoms with van der Waals surface area (Å²) in [5, 5.41) is 5.39. The van der Waals surface area contributed by atoms with Crippen LogP contribution in [0.4, 0.5) is 20.6 Å². The predicted molar refractivity (Wildman–Crippen MR) is 112 cm³/mol. The Morgan fingerprint density at radius 1 is 1.10 bits per heavy atom. The fraction of sp³-hybridized carbons (Fsp3) is 0.455. The van der Waals surface area contributed by atoms with Crippen LogP contribution in [0.25, 0.3) is 0 Å². The third-order valence-electron chi connectivity index (χ3n) is 5.91. The average Bonchev–Trinajstić information content (AvgIpc) is 3.42. The summed E-state index contributed by atoms with van der Waals surface area (Å²) in [6.07, 6.45) is 5.95. The number of urea groups is 1. The van der Waals surface area contributed by atoms with Crippen molar-refractivity contribution >= 4 is 23.3 Å². The molecule has 3 amide bonds. The molecule has 1 atom stereocenters. The Morgan fingerprint density at radius 2 is 1.90 bits per heavy atom. The van der Waals surface area contributed by atoms with E-state index in [1.165, 1.54) is 43.4 Å². The molecule has 2 N–H and O–H groups in total. The van der Waals surface area contributed by atoms with E-state index in [9.17, 15) is 14.0 Å². The summed E-state index contributed by atoms with van der Waals surface area (Å²) in [6.45, 7) is 5.29. The van der Waals surface area contributed by atoms with Gasteiger partial charge < -0.3 is 20.0 Å². The first-order valence-corrected chi connectivity index (χ1v) is 10.5. The third kappa shape index (κ3) is 4.48. The van der Waals surface area contributed by atoms with Crippen LogP contribution in [0.5, 0.6) is 0 Å². The molecular formula is C22H27FN4O3. The van der Waals surface area contributed by atoms with E-state index >= 15 is 0 Å². The topological polar surface area (TPSA) is 77.8 Å². The molecule has 4 rings (SSSR count). The molecule has 2 fully saturated rings. The highest BCUT2D eigenvalue weighted by Crippen LogP contribution is 2.24. The van der Waals surface area contributed by atoms with Gasteiger partial charge in [-0.25, -0.2) is 9.18 Å². The van der Waals surface area contributed by atoms with Crippen LogP contribution in [0.3, 0.4) is 0 Å². The van der Waals surface area contributed by atoms with E-state index in [-0.39, 0.29) is 11.7 Å². The van der Waals surface area contributed by atoms with Gasteiger partial charge in [0.25, 0.3) is 5.91 Å². The molecule has 0 saturated carbocycles. The van der Waals surface area contributed by atoms with E-state index in [0.29, 0.717) is 36.1 Å². The Balaban J connectivity index is 1.40. The standard InChI is InChI=1S/C22H27FN4O3/c1-15-18(8-12-30-15)21(28)25-20-13-16(6-7-19(20)23)24-22(29)27-11-4-5-17(14-27)26-9-2-3-10-26/h6-8,12-13,17H,2-5,9-11,14H2,1H3,(H,24,29)(H,25,28)/t17-/m1/s1. The van der Waals surface area contributed by atoms with Crippen molar-refractivity contribution in [3.8, 4) is 0 Å². The lowest BCUT2D eigenvalue weighted by Gasteiger charge is -2.37. The van der Waals surface area contributed by atoms with Gasteiger partial charge in [-0.05, 0) is 70.0 Å². The molecule has 2 aromatic rings. The van der Waals surface area contributed by atoms with Gasteiger partial charge in [-0.15, -0.1) is 0 Å². The fourth-order valence-electron chi connectivity index (χ4n) is 4.26. The Hall–Kier alpha value is -2.87. The molecule has 0 bridgehead atoms. The van der Waals surface area contributed by atoms with Crippen LogP contribution < -0.4 is 10.6 Å². The van der Waals surface area contributed by atoms with Crippen molar-refractivity contribution < 1.29 is 18.4 Å². The molecule has 2 aliphatic rings. The second kappa shape index (κ2) is 8.87. The zero-order valence-electron chi connectivity index (χ0n) is 17.1. The molecule has 8 heteroatoms. The number of nitrogens with zero attached hydrogens (tertiary/aromatic N) is 2. The molecule has 1 aromatic heterocycles. The second-order valence-electron chi connectivity index (χ2n) is 7.95. The van der Waals surface area contributed by atoms with Gasteiger partial charge in [0.1, 0.15) is 11.6 Å². The lowest BCUT2D eigenvalue weighted by atomic mass is 10.0. The van der Waals surface area contributed by atoms with Gasteiger partial charge in [-0.1, -0.05) is 0 Å². The number of anilines is 2. The maximum atomic E-state index is 14.2. The van der Waals surface area contributed by atoms with E-state index in [4.69, 9.17) is 4.42 Å². The van der Waals surface area contributed by atoms with Gasteiger partial charge in [-0.2, -0.15) is 0 Å². The second-order valence-corrected chi connectivity index (χ2v) is 7.95. The van der Waals surface area contributed by atoms with Crippen LogP contribution in [-0.4, -0.2) is 54.0 Å². The van der Waals surface area contributed by atoms with Gasteiger partial charge in [0, 0.05) is 24.8 Å². The Bertz CT molecular complexity index is 923. The highest BCUT2D eigenvalue weighted by molar-refractivity contribution is 6.05. The van der Waals surface area contributed by atoms with Gasteiger partial charge in [0.05, 0.1) is 17.5 Å². The summed E-state index contributed by atoms with van der Waals surface area (Å²) in [4.78, 5) is 29.4. The molecule has 7 nitrogen and oxygen atoms in total. The maximum absolute atomic E-state index is 14.2. The monoisotopic (exact) mass is 414 g/mol. The zero-order valence-corrected chi connectivity index (χ0v) is 17.1. The lowest BCUT2D eigenvalue weighted by Crippen LogP contribution is -2.50. The fourth-order valence-corrected chi connectivity index (χ4v) is 4.26. The number of carbonyl (C=O) groups is 2. The maximum Gasteiger partial charge on any atom is 0.321 e. The van der Waals surface area contributed by atoms with Crippen molar-refractivity contribution in [2.75, 3.05) is 36.8 Å². The van der Waals surface area contributed by atoms with Crippen molar-refractivity contribution in [1.82, 2.24) is 9.80 Å². The van der Waals surface area contributed by atoms with Crippen LogP contribution in [-0.2, 0) is 0 Å². The third-order valence-corrected chi connectivity index (χ3v) is 5.91. The van der Waals surface area contributed by atoms with E-state index in [1.807, 2.05) is 4.90 Å². The van der Waals surface area contributed by atoms with E-state index in [0.717, 1.165) is 25.9 Å². The van der Waals surface area contributed by atoms with Crippen molar-refractivity contribution in [3.63, 3.8) is 0 Å². The molecule has 0 unspecified atom stereocenters. The first-order chi connectivity index (χ1) is 14.5. The quantitative estimate of drug-likeness (QED) is 0.791. The molecule has 2 aliphatic heterocycles. The van der Waals surface area contributed by atoms with Crippen molar-refractivity contribution in [2.45, 2.75) is 38.6 Å². The molecule has 0 spiro atoms. The summed E-state index contributed by atoms with van der Waals surface area (Å²) in [5.74, 6) is -0.585. The van der Waals surface area contributed by atoms with Gasteiger partial charge in [0.2, 0.25) is 0 Å². The molecule has 2 saturated heterocycles. The van der Waals surface area contributed by atoms with Crippen LogP contribution in [0, 0.1) is 12.7 Å². The summed E-state index contributed by atoms with van der Waals surface area (Å²) in [5.41, 5.74) is 0.779. The number of piperidine rings is 1. The average molecular weight is 414 g/mol. The van der Waals surface area contributed by atoms with Gasteiger partial charge in [-0.3, -0.25) is 9.69 Å². The van der Waals surface area contributed by atoms with E-state index in [2.05, 4.69) is 15.5 Å². The number of hydrogen-bond donors (Lipinski definition) is 2. The largest absolute Gasteiger partial charge is 0.469 e. The molecule has 1 aromatic carbocycles. The Kier molecular flexibility index (Phi) is 6.03. The Labute approximate surface area is 175 Å². The Morgan fingerprint density at radius 3 is 2.63 bits per heavy atom. The van der Waals surface area contributed by atoms with Crippen LogP contribution in [0.15, 0.2) is 34.9 Å². The lowest BCUT2D eigenvalue weighted by molar-refractivity contribution is 0.102. The number of furan rings is 1. The van der Waals surface area contributed by atoms with Crippen molar-refractivity contribution in [2.24, 2.45) is 0 Å². The molecule has 0 aliphatic carbocycles. The van der Waals surface area contributed by atoms with Gasteiger partial charge in [0.15, 0.2) is 0 Å². The summed E-state index contributed by atoms with van der Waals surface area (Å²) in [7, 11) is 0. The zero-order chi connectivity index (χ0) is 21.1. The first-order valence-electron chi connectivity index (χ1n) is 10.5. The SMILES string of the molecule is Cc1occc1C(=O)Nc1cc(NC(=O)N2CCC[C@@H](N3CCCC3)C2)ccc1F. The summed E-state index contributed by atoms with van der Waals surface area (Å²) >= 11 is 0. The number of halogens is 1. The number of amides is 3. The molecule has 160 valence electrons. The number of carbonyl (C=O) groups excluding carboxylic acids is 2. The smallest absolute Gasteiger partial charge is 0.321 e. The van der Waals surface area contributed by atoms with E-state index < -0.39 is 11.7 Å². The number of nitrogens with one attached hydrogen (secondary N) is 2. The van der Waals surface area contributed by atoms with Crippen molar-refractivity contribution in [3.05, 3.63) is 47.7 Å². The normalized spacial score (nSPS) is 19.7. The highest BCUT2D eigenvalue weighted by Gasteiger charge is 2.29. The molecule has 3 heterocycles. The van der Waals surface area contributed by atoms with Crippen LogP contribution >= 0.6 is 0 Å². The number of aryl methyl sites for hydroxylation is 1. The number of hydrogen-bond acceptors (Lipinski definition) is 4. The number of likely N-dealkylation sites (tertiary alicyclic amines) is 2. The number of benzene rings is 1. The van der Waals surface area contributed by atoms with E-state index in [1.54, 1.807) is 6.92 Å². The number of rotatable bonds is 4. The summed E-state index contributed by atoms with van der Waals surface area (Å²) < 4.78 is 19.3. The minimum atomic E-state index is -0.574.